The molecule has 1 fully saturated rings. The SMILES string of the molecule is O=C(NC1(c2cccc(Cl)c2)CC1)c1ccc(-c2cnc3ccc(-c4cn[nH]c4)cn23)cc1F. The molecule has 6 rings (SSSR count). The van der Waals surface area contributed by atoms with Crippen LogP contribution in [0.2, 0.25) is 5.02 Å². The Labute approximate surface area is 199 Å². The summed E-state index contributed by atoms with van der Waals surface area (Å²) in [5, 5.41) is 10.4. The minimum absolute atomic E-state index is 0.00459. The van der Waals surface area contributed by atoms with E-state index in [1.54, 1.807) is 30.7 Å². The number of pyridine rings is 1. The molecule has 2 N–H and O–H groups in total. The third-order valence-corrected chi connectivity index (χ3v) is 6.56. The highest BCUT2D eigenvalue weighted by molar-refractivity contribution is 6.30. The fourth-order valence-corrected chi connectivity index (χ4v) is 4.50. The fourth-order valence-electron chi connectivity index (χ4n) is 4.31. The molecule has 1 amide bonds. The van der Waals surface area contributed by atoms with Crippen LogP contribution in [0.3, 0.4) is 0 Å². The molecule has 1 saturated carbocycles. The van der Waals surface area contributed by atoms with Crippen molar-refractivity contribution in [2.75, 3.05) is 0 Å². The highest BCUT2D eigenvalue weighted by Crippen LogP contribution is 2.46. The number of rotatable bonds is 5. The van der Waals surface area contributed by atoms with E-state index in [0.717, 1.165) is 40.9 Å². The van der Waals surface area contributed by atoms with E-state index in [1.165, 1.54) is 12.1 Å². The van der Waals surface area contributed by atoms with E-state index in [-0.39, 0.29) is 5.56 Å². The van der Waals surface area contributed by atoms with Crippen molar-refractivity contribution in [3.05, 3.63) is 101 Å². The van der Waals surface area contributed by atoms with E-state index in [4.69, 9.17) is 11.6 Å². The van der Waals surface area contributed by atoms with Crippen molar-refractivity contribution < 1.29 is 9.18 Å². The normalized spacial score (nSPS) is 14.3. The quantitative estimate of drug-likeness (QED) is 0.350. The third kappa shape index (κ3) is 3.54. The number of nitrogens with zero attached hydrogens (tertiary/aromatic N) is 3. The summed E-state index contributed by atoms with van der Waals surface area (Å²) in [5.74, 6) is -1.03. The number of halogens is 2. The number of amides is 1. The van der Waals surface area contributed by atoms with Gasteiger partial charge < -0.3 is 5.32 Å². The van der Waals surface area contributed by atoms with Crippen molar-refractivity contribution in [2.45, 2.75) is 18.4 Å². The number of aromatic nitrogens is 4. The summed E-state index contributed by atoms with van der Waals surface area (Å²) in [5.41, 5.74) is 4.43. The van der Waals surface area contributed by atoms with Crippen LogP contribution < -0.4 is 5.32 Å². The molecule has 1 aliphatic rings. The van der Waals surface area contributed by atoms with E-state index in [9.17, 15) is 4.79 Å². The van der Waals surface area contributed by atoms with Gasteiger partial charge in [-0.15, -0.1) is 0 Å². The first-order chi connectivity index (χ1) is 16.5. The Morgan fingerprint density at radius 3 is 2.65 bits per heavy atom. The summed E-state index contributed by atoms with van der Waals surface area (Å²) in [4.78, 5) is 17.4. The molecule has 3 aromatic heterocycles. The minimum atomic E-state index is -0.585. The lowest BCUT2D eigenvalue weighted by molar-refractivity contribution is 0.0926. The zero-order valence-electron chi connectivity index (χ0n) is 17.9. The molecule has 0 aliphatic heterocycles. The van der Waals surface area contributed by atoms with Gasteiger partial charge in [-0.05, 0) is 54.8 Å². The Kier molecular flexibility index (Phi) is 4.74. The molecule has 0 spiro atoms. The summed E-state index contributed by atoms with van der Waals surface area (Å²) in [6, 6.07) is 15.9. The van der Waals surface area contributed by atoms with Gasteiger partial charge in [0.15, 0.2) is 0 Å². The van der Waals surface area contributed by atoms with Crippen LogP contribution in [0.1, 0.15) is 28.8 Å². The van der Waals surface area contributed by atoms with E-state index < -0.39 is 17.3 Å². The molecule has 0 saturated heterocycles. The van der Waals surface area contributed by atoms with Gasteiger partial charge in [-0.1, -0.05) is 29.8 Å². The van der Waals surface area contributed by atoms with Crippen LogP contribution in [-0.2, 0) is 5.54 Å². The van der Waals surface area contributed by atoms with Gasteiger partial charge in [-0.2, -0.15) is 5.10 Å². The van der Waals surface area contributed by atoms with Crippen LogP contribution in [0.25, 0.3) is 28.0 Å². The molecular weight excluding hydrogens is 453 g/mol. The van der Waals surface area contributed by atoms with Crippen molar-refractivity contribution >= 4 is 23.2 Å². The van der Waals surface area contributed by atoms with Gasteiger partial charge in [0.05, 0.1) is 29.2 Å². The zero-order valence-corrected chi connectivity index (χ0v) is 18.7. The number of aromatic amines is 1. The molecule has 3 heterocycles. The molecule has 34 heavy (non-hydrogen) atoms. The molecular formula is C26H19ClFN5O. The van der Waals surface area contributed by atoms with Gasteiger partial charge in [-0.3, -0.25) is 14.3 Å². The second-order valence-corrected chi connectivity index (χ2v) is 8.95. The summed E-state index contributed by atoms with van der Waals surface area (Å²) in [7, 11) is 0. The van der Waals surface area contributed by atoms with Crippen molar-refractivity contribution in [3.8, 4) is 22.4 Å². The first-order valence-corrected chi connectivity index (χ1v) is 11.2. The number of fused-ring (bicyclic) bond motifs is 1. The number of nitrogens with one attached hydrogen (secondary N) is 2. The second kappa shape index (κ2) is 7.81. The molecule has 1 aliphatic carbocycles. The lowest BCUT2D eigenvalue weighted by Gasteiger charge is -2.18. The topological polar surface area (TPSA) is 75.1 Å². The maximum absolute atomic E-state index is 15.1. The van der Waals surface area contributed by atoms with Crippen LogP contribution in [0.15, 0.2) is 79.4 Å². The predicted octanol–water partition coefficient (Wildman–Crippen LogP) is 5.60. The summed E-state index contributed by atoms with van der Waals surface area (Å²) in [6.45, 7) is 0. The van der Waals surface area contributed by atoms with E-state index >= 15 is 4.39 Å². The molecule has 5 aromatic rings. The Bertz CT molecular complexity index is 1540. The number of H-pyrrole nitrogens is 1. The zero-order chi connectivity index (χ0) is 23.3. The highest BCUT2D eigenvalue weighted by Gasteiger charge is 2.46. The standard InChI is InChI=1S/C26H19ClFN5O/c27-20-3-1-2-19(11-20)26(8-9-26)32-25(34)21-6-4-16(10-22(21)28)23-14-29-24-7-5-17(15-33(23)24)18-12-30-31-13-18/h1-7,10-15H,8-9H2,(H,30,31)(H,32,34). The molecule has 8 heteroatoms. The van der Waals surface area contributed by atoms with Gasteiger partial charge in [-0.25, -0.2) is 9.37 Å². The number of hydrogen-bond acceptors (Lipinski definition) is 3. The number of hydrogen-bond donors (Lipinski definition) is 2. The maximum Gasteiger partial charge on any atom is 0.254 e. The number of carbonyl (C=O) groups excluding carboxylic acids is 1. The largest absolute Gasteiger partial charge is 0.342 e. The van der Waals surface area contributed by atoms with Crippen molar-refractivity contribution in [1.29, 1.82) is 0 Å². The second-order valence-electron chi connectivity index (χ2n) is 8.52. The lowest BCUT2D eigenvalue weighted by Crippen LogP contribution is -2.35. The fraction of sp³-hybridized carbons (Fsp3) is 0.115. The van der Waals surface area contributed by atoms with Gasteiger partial charge in [0, 0.05) is 34.1 Å². The monoisotopic (exact) mass is 471 g/mol. The third-order valence-electron chi connectivity index (χ3n) is 6.33. The first kappa shape index (κ1) is 20.6. The molecule has 6 nitrogen and oxygen atoms in total. The van der Waals surface area contributed by atoms with Crippen LogP contribution >= 0.6 is 11.6 Å². The van der Waals surface area contributed by atoms with Gasteiger partial charge in [0.1, 0.15) is 11.5 Å². The Morgan fingerprint density at radius 1 is 1.06 bits per heavy atom. The average Bonchev–Trinajstić information content (AvgIpc) is 3.22. The average molecular weight is 472 g/mol. The molecule has 0 bridgehead atoms. The van der Waals surface area contributed by atoms with Crippen LogP contribution in [0.4, 0.5) is 4.39 Å². The Hall–Kier alpha value is -3.97. The molecule has 0 radical (unpaired) electrons. The molecule has 0 unspecified atom stereocenters. The van der Waals surface area contributed by atoms with Crippen molar-refractivity contribution in [1.82, 2.24) is 24.9 Å². The van der Waals surface area contributed by atoms with Gasteiger partial charge >= 0.3 is 0 Å². The highest BCUT2D eigenvalue weighted by atomic mass is 35.5. The van der Waals surface area contributed by atoms with Crippen molar-refractivity contribution in [2.24, 2.45) is 0 Å². The van der Waals surface area contributed by atoms with E-state index in [2.05, 4.69) is 20.5 Å². The number of benzene rings is 2. The predicted molar refractivity (Wildman–Crippen MR) is 128 cm³/mol. The minimum Gasteiger partial charge on any atom is -0.342 e. The van der Waals surface area contributed by atoms with Crippen LogP contribution in [0, 0.1) is 5.82 Å². The Morgan fingerprint density at radius 2 is 1.91 bits per heavy atom. The smallest absolute Gasteiger partial charge is 0.254 e. The maximum atomic E-state index is 15.1. The van der Waals surface area contributed by atoms with Gasteiger partial charge in [0.25, 0.3) is 5.91 Å². The molecule has 0 atom stereocenters. The van der Waals surface area contributed by atoms with Crippen molar-refractivity contribution in [3.63, 3.8) is 0 Å². The summed E-state index contributed by atoms with van der Waals surface area (Å²) >= 11 is 6.12. The molecule has 2 aromatic carbocycles. The molecule has 168 valence electrons. The number of imidazole rings is 1. The van der Waals surface area contributed by atoms with Crippen LogP contribution in [0.5, 0.6) is 0 Å². The van der Waals surface area contributed by atoms with Crippen LogP contribution in [-0.4, -0.2) is 25.5 Å². The number of carbonyl (C=O) groups is 1. The lowest BCUT2D eigenvalue weighted by atomic mass is 10.0. The van der Waals surface area contributed by atoms with E-state index in [1.807, 2.05) is 40.9 Å². The first-order valence-electron chi connectivity index (χ1n) is 10.9. The summed E-state index contributed by atoms with van der Waals surface area (Å²) in [6.07, 6.45) is 8.76. The van der Waals surface area contributed by atoms with Gasteiger partial charge in [0.2, 0.25) is 0 Å². The summed E-state index contributed by atoms with van der Waals surface area (Å²) < 4.78 is 17.0. The van der Waals surface area contributed by atoms with E-state index in [0.29, 0.717) is 10.6 Å². The Balaban J connectivity index is 1.30.